The third-order valence-electron chi connectivity index (χ3n) is 5.70. The minimum Gasteiger partial charge on any atom is -0.364 e. The number of aromatic nitrogens is 2. The average Bonchev–Trinajstić information content (AvgIpc) is 3.29. The number of rotatable bonds is 6. The van der Waals surface area contributed by atoms with Crippen LogP contribution in [0.15, 0.2) is 60.8 Å². The first-order valence-corrected chi connectivity index (χ1v) is 10.9. The van der Waals surface area contributed by atoms with Crippen molar-refractivity contribution in [2.45, 2.75) is 39.3 Å². The zero-order valence-electron chi connectivity index (χ0n) is 18.7. The normalized spacial score (nSPS) is 15.2. The summed E-state index contributed by atoms with van der Waals surface area (Å²) >= 11 is 0. The molecular weight excluding hydrogens is 418 g/mol. The first-order valence-electron chi connectivity index (χ1n) is 10.9. The standard InChI is InChI=1S/C25H27N5O3/c1-16(2)13-23(31)29-15-18-6-4-3-5-17(18)14-22(29)25(33)27-19-7-9-20(10-8-19)30-12-11-21(28-30)24(26)32/h3-12,16,22H,13-15H2,1-2H3,(H2,26,32)(H,27,33). The first-order chi connectivity index (χ1) is 15.8. The van der Waals surface area contributed by atoms with Gasteiger partial charge in [0, 0.05) is 31.3 Å². The van der Waals surface area contributed by atoms with Crippen LogP contribution in [0.5, 0.6) is 0 Å². The van der Waals surface area contributed by atoms with Crippen LogP contribution in [0.2, 0.25) is 0 Å². The van der Waals surface area contributed by atoms with Crippen LogP contribution < -0.4 is 11.1 Å². The fourth-order valence-electron chi connectivity index (χ4n) is 4.01. The zero-order valence-corrected chi connectivity index (χ0v) is 18.7. The number of carbonyl (C=O) groups is 3. The Labute approximate surface area is 192 Å². The van der Waals surface area contributed by atoms with Gasteiger partial charge < -0.3 is 16.0 Å². The molecule has 2 aromatic carbocycles. The van der Waals surface area contributed by atoms with Gasteiger partial charge in [-0.15, -0.1) is 0 Å². The maximum absolute atomic E-state index is 13.2. The molecule has 170 valence electrons. The van der Waals surface area contributed by atoms with E-state index < -0.39 is 11.9 Å². The molecule has 1 atom stereocenters. The Balaban J connectivity index is 1.51. The van der Waals surface area contributed by atoms with Crippen molar-refractivity contribution in [3.05, 3.63) is 77.6 Å². The lowest BCUT2D eigenvalue weighted by Gasteiger charge is -2.36. The maximum Gasteiger partial charge on any atom is 0.269 e. The number of primary amides is 1. The molecule has 2 heterocycles. The largest absolute Gasteiger partial charge is 0.364 e. The number of hydrogen-bond donors (Lipinski definition) is 2. The number of anilines is 1. The monoisotopic (exact) mass is 445 g/mol. The van der Waals surface area contributed by atoms with Gasteiger partial charge in [0.25, 0.3) is 5.91 Å². The Morgan fingerprint density at radius 1 is 1.06 bits per heavy atom. The quantitative estimate of drug-likeness (QED) is 0.608. The minimum atomic E-state index is -0.594. The first kappa shape index (κ1) is 22.3. The molecule has 1 aliphatic heterocycles. The van der Waals surface area contributed by atoms with E-state index in [1.54, 1.807) is 41.4 Å². The molecule has 0 saturated carbocycles. The van der Waals surface area contributed by atoms with Crippen LogP contribution in [0, 0.1) is 5.92 Å². The van der Waals surface area contributed by atoms with Gasteiger partial charge in [-0.1, -0.05) is 38.1 Å². The van der Waals surface area contributed by atoms with Crippen LogP contribution in [0.3, 0.4) is 0 Å². The molecule has 0 spiro atoms. The SMILES string of the molecule is CC(C)CC(=O)N1Cc2ccccc2CC1C(=O)Nc1ccc(-n2ccc(C(N)=O)n2)cc1. The average molecular weight is 446 g/mol. The summed E-state index contributed by atoms with van der Waals surface area (Å²) in [5.74, 6) is -0.616. The molecule has 3 aromatic rings. The fraction of sp³-hybridized carbons (Fsp3) is 0.280. The molecule has 33 heavy (non-hydrogen) atoms. The summed E-state index contributed by atoms with van der Waals surface area (Å²) in [6.45, 7) is 4.43. The molecule has 3 amide bonds. The van der Waals surface area contributed by atoms with E-state index in [4.69, 9.17) is 5.73 Å². The van der Waals surface area contributed by atoms with Crippen LogP contribution in [0.4, 0.5) is 5.69 Å². The highest BCUT2D eigenvalue weighted by molar-refractivity contribution is 5.97. The molecule has 8 nitrogen and oxygen atoms in total. The Morgan fingerprint density at radius 2 is 1.76 bits per heavy atom. The highest BCUT2D eigenvalue weighted by Gasteiger charge is 2.34. The van der Waals surface area contributed by atoms with Crippen molar-refractivity contribution in [2.24, 2.45) is 11.7 Å². The molecule has 0 saturated heterocycles. The van der Waals surface area contributed by atoms with Gasteiger partial charge in [-0.2, -0.15) is 5.10 Å². The summed E-state index contributed by atoms with van der Waals surface area (Å²) in [5.41, 5.74) is 8.94. The van der Waals surface area contributed by atoms with E-state index >= 15 is 0 Å². The highest BCUT2D eigenvalue weighted by atomic mass is 16.2. The number of amides is 3. The predicted octanol–water partition coefficient (Wildman–Crippen LogP) is 2.91. The number of carbonyl (C=O) groups excluding carboxylic acids is 3. The lowest BCUT2D eigenvalue weighted by atomic mass is 9.92. The van der Waals surface area contributed by atoms with Crippen molar-refractivity contribution in [1.82, 2.24) is 14.7 Å². The third kappa shape index (κ3) is 4.95. The fourth-order valence-corrected chi connectivity index (χ4v) is 4.01. The molecule has 0 fully saturated rings. The lowest BCUT2D eigenvalue weighted by molar-refractivity contribution is -0.140. The number of hydrogen-bond acceptors (Lipinski definition) is 4. The third-order valence-corrected chi connectivity index (χ3v) is 5.70. The van der Waals surface area contributed by atoms with E-state index in [1.807, 2.05) is 38.1 Å². The second-order valence-corrected chi connectivity index (χ2v) is 8.65. The number of nitrogens with two attached hydrogens (primary N) is 1. The Hall–Kier alpha value is -3.94. The maximum atomic E-state index is 13.2. The number of nitrogens with zero attached hydrogens (tertiary/aromatic N) is 3. The highest BCUT2D eigenvalue weighted by Crippen LogP contribution is 2.26. The van der Waals surface area contributed by atoms with Crippen LogP contribution in [-0.4, -0.2) is 38.4 Å². The minimum absolute atomic E-state index is 0.0149. The summed E-state index contributed by atoms with van der Waals surface area (Å²) in [6.07, 6.45) is 2.52. The molecule has 1 aliphatic rings. The Bertz CT molecular complexity index is 1180. The molecule has 0 bridgehead atoms. The van der Waals surface area contributed by atoms with Gasteiger partial charge in [0.05, 0.1) is 5.69 Å². The number of nitrogens with one attached hydrogen (secondary N) is 1. The van der Waals surface area contributed by atoms with Crippen molar-refractivity contribution in [1.29, 1.82) is 0 Å². The van der Waals surface area contributed by atoms with Crippen molar-refractivity contribution in [3.63, 3.8) is 0 Å². The Kier molecular flexibility index (Phi) is 6.26. The summed E-state index contributed by atoms with van der Waals surface area (Å²) < 4.78 is 1.54. The topological polar surface area (TPSA) is 110 Å². The summed E-state index contributed by atoms with van der Waals surface area (Å²) in [4.78, 5) is 39.1. The van der Waals surface area contributed by atoms with E-state index in [0.717, 1.165) is 16.8 Å². The van der Waals surface area contributed by atoms with Gasteiger partial charge in [-0.25, -0.2) is 4.68 Å². The van der Waals surface area contributed by atoms with E-state index in [0.29, 0.717) is 25.1 Å². The predicted molar refractivity (Wildman–Crippen MR) is 125 cm³/mol. The zero-order chi connectivity index (χ0) is 23.5. The van der Waals surface area contributed by atoms with Gasteiger partial charge in [0.1, 0.15) is 11.7 Å². The molecular formula is C25H27N5O3. The van der Waals surface area contributed by atoms with E-state index in [-0.39, 0.29) is 23.4 Å². The van der Waals surface area contributed by atoms with Gasteiger partial charge in [0.15, 0.2) is 0 Å². The summed E-state index contributed by atoms with van der Waals surface area (Å²) in [5, 5.41) is 7.08. The van der Waals surface area contributed by atoms with E-state index in [1.165, 1.54) is 4.68 Å². The van der Waals surface area contributed by atoms with Crippen LogP contribution >= 0.6 is 0 Å². The van der Waals surface area contributed by atoms with Gasteiger partial charge in [-0.3, -0.25) is 14.4 Å². The summed E-state index contributed by atoms with van der Waals surface area (Å²) in [6, 6.07) is 16.0. The summed E-state index contributed by atoms with van der Waals surface area (Å²) in [7, 11) is 0. The van der Waals surface area contributed by atoms with Gasteiger partial charge >= 0.3 is 0 Å². The molecule has 4 rings (SSSR count). The smallest absolute Gasteiger partial charge is 0.269 e. The Morgan fingerprint density at radius 3 is 2.39 bits per heavy atom. The molecule has 1 aromatic heterocycles. The second kappa shape index (κ2) is 9.28. The molecule has 0 radical (unpaired) electrons. The molecule has 1 unspecified atom stereocenters. The van der Waals surface area contributed by atoms with Crippen molar-refractivity contribution in [3.8, 4) is 5.69 Å². The van der Waals surface area contributed by atoms with Crippen molar-refractivity contribution >= 4 is 23.4 Å². The van der Waals surface area contributed by atoms with Crippen LogP contribution in [-0.2, 0) is 22.6 Å². The van der Waals surface area contributed by atoms with E-state index in [9.17, 15) is 14.4 Å². The number of benzene rings is 2. The lowest BCUT2D eigenvalue weighted by Crippen LogP contribution is -2.50. The molecule has 8 heteroatoms. The van der Waals surface area contributed by atoms with Crippen molar-refractivity contribution in [2.75, 3.05) is 5.32 Å². The van der Waals surface area contributed by atoms with Crippen molar-refractivity contribution < 1.29 is 14.4 Å². The van der Waals surface area contributed by atoms with Gasteiger partial charge in [0.2, 0.25) is 11.8 Å². The van der Waals surface area contributed by atoms with Crippen LogP contribution in [0.1, 0.15) is 41.9 Å². The molecule has 3 N–H and O–H groups in total. The van der Waals surface area contributed by atoms with E-state index in [2.05, 4.69) is 10.4 Å². The molecule has 0 aliphatic carbocycles. The van der Waals surface area contributed by atoms with Crippen LogP contribution in [0.25, 0.3) is 5.69 Å². The van der Waals surface area contributed by atoms with Gasteiger partial charge in [-0.05, 0) is 47.4 Å². The number of fused-ring (bicyclic) bond motifs is 1. The second-order valence-electron chi connectivity index (χ2n) is 8.65.